The number of ether oxygens (including phenoxy) is 4. The number of carbonyl (C=O) groups excluding carboxylic acids is 4. The lowest BCUT2D eigenvalue weighted by Crippen LogP contribution is -2.07. The summed E-state index contributed by atoms with van der Waals surface area (Å²) in [5.41, 5.74) is -4.81. The highest BCUT2D eigenvalue weighted by Gasteiger charge is 2.42. The number of hydrogen-bond acceptors (Lipinski definition) is 8. The topological polar surface area (TPSA) is 105 Å². The van der Waals surface area contributed by atoms with Gasteiger partial charge in [0, 0.05) is 0 Å². The van der Waals surface area contributed by atoms with Gasteiger partial charge in [0.1, 0.15) is 33.8 Å². The Balaban J connectivity index is 1.46. The molecule has 0 fully saturated rings. The average molecular weight is 510 g/mol. The fraction of sp³-hybridized carbons (Fsp3) is 0. The van der Waals surface area contributed by atoms with E-state index in [-0.39, 0.29) is 0 Å². The van der Waals surface area contributed by atoms with Crippen molar-refractivity contribution in [1.82, 2.24) is 0 Å². The van der Waals surface area contributed by atoms with Crippen LogP contribution in [0.2, 0.25) is 0 Å². The maximum absolute atomic E-state index is 14.6. The van der Waals surface area contributed by atoms with Crippen molar-refractivity contribution in [3.63, 3.8) is 0 Å². The fourth-order valence-electron chi connectivity index (χ4n) is 3.41. The van der Waals surface area contributed by atoms with Gasteiger partial charge in [0.05, 0.1) is 0 Å². The number of cyclic esters (lactones) is 4. The number of fused-ring (bicyclic) bond motifs is 2. The van der Waals surface area contributed by atoms with Crippen molar-refractivity contribution in [2.45, 2.75) is 0 Å². The molecule has 2 aliphatic heterocycles. The molecule has 36 heavy (non-hydrogen) atoms. The summed E-state index contributed by atoms with van der Waals surface area (Å²) in [5, 5.41) is 0. The minimum atomic E-state index is -1.95. The summed E-state index contributed by atoms with van der Waals surface area (Å²) in [4.78, 5) is 46.0. The van der Waals surface area contributed by atoms with Crippen molar-refractivity contribution in [3.05, 3.63) is 81.4 Å². The molecule has 0 radical (unpaired) electrons. The van der Waals surface area contributed by atoms with Crippen LogP contribution in [0.25, 0.3) is 0 Å². The number of halogens is 6. The summed E-state index contributed by atoms with van der Waals surface area (Å²) >= 11 is 0. The molecule has 8 nitrogen and oxygen atoms in total. The molecule has 14 heteroatoms. The Morgan fingerprint density at radius 2 is 0.722 bits per heavy atom. The quantitative estimate of drug-likeness (QED) is 0.215. The van der Waals surface area contributed by atoms with Gasteiger partial charge in [-0.25, -0.2) is 36.7 Å². The summed E-state index contributed by atoms with van der Waals surface area (Å²) in [6.45, 7) is 0. The van der Waals surface area contributed by atoms with Crippen molar-refractivity contribution >= 4 is 23.9 Å². The molecule has 182 valence electrons. The average Bonchev–Trinajstić information content (AvgIpc) is 3.31. The molecule has 2 aliphatic rings. The van der Waals surface area contributed by atoms with Crippen LogP contribution in [0.4, 0.5) is 26.3 Å². The molecule has 0 atom stereocenters. The minimum absolute atomic E-state index is 0.410. The highest BCUT2D eigenvalue weighted by atomic mass is 19.2. The number of esters is 4. The summed E-state index contributed by atoms with van der Waals surface area (Å²) in [5.74, 6) is -21.0. The van der Waals surface area contributed by atoms with Gasteiger partial charge < -0.3 is 18.9 Å². The minimum Gasteiger partial charge on any atom is -0.451 e. The zero-order valence-electron chi connectivity index (χ0n) is 16.8. The highest BCUT2D eigenvalue weighted by Crippen LogP contribution is 2.39. The lowest BCUT2D eigenvalue weighted by atomic mass is 10.1. The van der Waals surface area contributed by atoms with Gasteiger partial charge in [0.15, 0.2) is 23.3 Å². The Bertz CT molecular complexity index is 1450. The molecule has 5 rings (SSSR count). The third-order valence-electron chi connectivity index (χ3n) is 5.01. The molecule has 0 bridgehead atoms. The molecule has 0 aliphatic carbocycles. The van der Waals surface area contributed by atoms with Crippen LogP contribution in [0.15, 0.2) is 24.3 Å². The molecule has 0 aromatic heterocycles. The maximum atomic E-state index is 14.6. The van der Waals surface area contributed by atoms with Crippen molar-refractivity contribution in [3.8, 4) is 23.0 Å². The van der Waals surface area contributed by atoms with E-state index in [9.17, 15) is 45.5 Å². The normalized spacial score (nSPS) is 13.9. The van der Waals surface area contributed by atoms with Crippen LogP contribution in [-0.2, 0) is 9.47 Å². The van der Waals surface area contributed by atoms with Gasteiger partial charge in [-0.15, -0.1) is 0 Å². The molecule has 3 aromatic rings. The smallest absolute Gasteiger partial charge is 0.350 e. The van der Waals surface area contributed by atoms with Gasteiger partial charge in [0.25, 0.3) is 0 Å². The molecule has 0 spiro atoms. The van der Waals surface area contributed by atoms with Crippen molar-refractivity contribution in [2.75, 3.05) is 0 Å². The third-order valence-corrected chi connectivity index (χ3v) is 5.01. The van der Waals surface area contributed by atoms with Crippen LogP contribution in [0.1, 0.15) is 41.4 Å². The second-order valence-electron chi connectivity index (χ2n) is 7.07. The molecule has 2 heterocycles. The number of hydrogen-bond donors (Lipinski definition) is 0. The zero-order valence-corrected chi connectivity index (χ0v) is 16.8. The van der Waals surface area contributed by atoms with Crippen LogP contribution in [0, 0.1) is 34.9 Å². The zero-order chi connectivity index (χ0) is 26.0. The predicted octanol–water partition coefficient (Wildman–Crippen LogP) is 4.73. The van der Waals surface area contributed by atoms with E-state index in [4.69, 9.17) is 9.47 Å². The summed E-state index contributed by atoms with van der Waals surface area (Å²) in [6, 6.07) is 3.67. The Hall–Kier alpha value is -4.88. The maximum Gasteiger partial charge on any atom is 0.350 e. The molecule has 0 amide bonds. The summed E-state index contributed by atoms with van der Waals surface area (Å²) in [6.07, 6.45) is 0. The fourth-order valence-corrected chi connectivity index (χ4v) is 3.41. The lowest BCUT2D eigenvalue weighted by Gasteiger charge is -2.12. The molecule has 0 unspecified atom stereocenters. The standard InChI is InChI=1S/C22H4F6O8/c23-11-7-9(21(31)35-19(7)29)13(25)17(15(11)27)33-5-1-2-6(4-3-5)34-18-14(26)10-8(12(24)16(18)28)20(30)36-22(10)32/h1-4H. The molecule has 3 aromatic carbocycles. The van der Waals surface area contributed by atoms with Gasteiger partial charge in [-0.1, -0.05) is 0 Å². The lowest BCUT2D eigenvalue weighted by molar-refractivity contribution is 0.0422. The van der Waals surface area contributed by atoms with E-state index >= 15 is 0 Å². The van der Waals surface area contributed by atoms with E-state index in [1.54, 1.807) is 0 Å². The number of benzene rings is 3. The Labute approximate surface area is 193 Å². The first-order valence-corrected chi connectivity index (χ1v) is 9.40. The van der Waals surface area contributed by atoms with Crippen molar-refractivity contribution in [2.24, 2.45) is 0 Å². The van der Waals surface area contributed by atoms with Crippen LogP contribution < -0.4 is 9.47 Å². The Morgan fingerprint density at radius 1 is 0.444 bits per heavy atom. The van der Waals surface area contributed by atoms with E-state index in [1.807, 2.05) is 0 Å². The Kier molecular flexibility index (Phi) is 4.98. The van der Waals surface area contributed by atoms with E-state index in [0.29, 0.717) is 0 Å². The largest absolute Gasteiger partial charge is 0.451 e. The molecule has 0 saturated carbocycles. The first-order chi connectivity index (χ1) is 17.0. The second kappa shape index (κ2) is 7.83. The van der Waals surface area contributed by atoms with E-state index in [0.717, 1.165) is 24.3 Å². The van der Waals surface area contributed by atoms with Gasteiger partial charge in [-0.05, 0) is 24.3 Å². The molecular formula is C22H4F6O8. The van der Waals surface area contributed by atoms with E-state index in [2.05, 4.69) is 9.47 Å². The molecular weight excluding hydrogens is 506 g/mol. The van der Waals surface area contributed by atoms with Gasteiger partial charge >= 0.3 is 23.9 Å². The van der Waals surface area contributed by atoms with Crippen LogP contribution >= 0.6 is 0 Å². The van der Waals surface area contributed by atoms with E-state index < -0.39 is 104 Å². The van der Waals surface area contributed by atoms with Crippen LogP contribution in [0.5, 0.6) is 23.0 Å². The van der Waals surface area contributed by atoms with E-state index in [1.165, 1.54) is 0 Å². The summed E-state index contributed by atoms with van der Waals surface area (Å²) in [7, 11) is 0. The van der Waals surface area contributed by atoms with Crippen molar-refractivity contribution < 1.29 is 64.5 Å². The second-order valence-corrected chi connectivity index (χ2v) is 7.07. The molecule has 0 saturated heterocycles. The van der Waals surface area contributed by atoms with Crippen LogP contribution in [-0.4, -0.2) is 23.9 Å². The predicted molar refractivity (Wildman–Crippen MR) is 98.7 cm³/mol. The number of rotatable bonds is 4. The van der Waals surface area contributed by atoms with Gasteiger partial charge in [-0.2, -0.15) is 8.78 Å². The van der Waals surface area contributed by atoms with Crippen LogP contribution in [0.3, 0.4) is 0 Å². The first kappa shape index (κ1) is 22.9. The highest BCUT2D eigenvalue weighted by molar-refractivity contribution is 6.16. The third kappa shape index (κ3) is 3.18. The number of carbonyl (C=O) groups is 4. The Morgan fingerprint density at radius 3 is 1.03 bits per heavy atom. The first-order valence-electron chi connectivity index (χ1n) is 9.40. The van der Waals surface area contributed by atoms with Crippen molar-refractivity contribution in [1.29, 1.82) is 0 Å². The van der Waals surface area contributed by atoms with Gasteiger partial charge in [0.2, 0.25) is 23.1 Å². The van der Waals surface area contributed by atoms with Gasteiger partial charge in [-0.3, -0.25) is 0 Å². The summed E-state index contributed by atoms with van der Waals surface area (Å²) < 4.78 is 104. The monoisotopic (exact) mass is 510 g/mol. The SMILES string of the molecule is O=C1OC(=O)c2c(F)c(Oc3ccc(Oc4c(F)c(F)c5c(c4F)C(=O)OC5=O)cc3)c(F)c(F)c21. The molecule has 0 N–H and O–H groups in total.